The monoisotopic (exact) mass is 239 g/mol. The third-order valence-electron chi connectivity index (χ3n) is 2.54. The maximum absolute atomic E-state index is 11.1. The lowest BCUT2D eigenvalue weighted by Crippen LogP contribution is -2.04. The number of benzene rings is 1. The van der Waals surface area contributed by atoms with Gasteiger partial charge in [0, 0.05) is 12.4 Å². The van der Waals surface area contributed by atoms with Crippen LogP contribution >= 0.6 is 11.6 Å². The Labute approximate surface area is 97.0 Å². The van der Waals surface area contributed by atoms with E-state index in [0.29, 0.717) is 16.7 Å². The van der Waals surface area contributed by atoms with E-state index in [9.17, 15) is 4.79 Å². The van der Waals surface area contributed by atoms with E-state index in [1.165, 1.54) is 11.7 Å². The number of aromatic nitrogens is 1. The second-order valence-electron chi connectivity index (χ2n) is 3.38. The Kier molecular flexibility index (Phi) is 2.52. The smallest absolute Gasteiger partial charge is 0.354 e. The number of nitrogens with zero attached hydrogens (tertiary/aromatic N) is 1. The number of ether oxygens (including phenoxy) is 1. The Hall–Kier alpha value is -1.68. The molecule has 4 nitrogen and oxygen atoms in total. The molecular weight excluding hydrogens is 230 g/mol. The van der Waals surface area contributed by atoms with Crippen LogP contribution in [0.1, 0.15) is 10.5 Å². The second-order valence-corrected chi connectivity index (χ2v) is 3.76. The minimum Gasteiger partial charge on any atom is -0.495 e. The van der Waals surface area contributed by atoms with Gasteiger partial charge >= 0.3 is 5.97 Å². The van der Waals surface area contributed by atoms with Crippen LogP contribution in [0.25, 0.3) is 10.9 Å². The summed E-state index contributed by atoms with van der Waals surface area (Å²) in [4.78, 5) is 11.1. The van der Waals surface area contributed by atoms with Crippen molar-refractivity contribution in [3.05, 3.63) is 28.9 Å². The number of hydrogen-bond donors (Lipinski definition) is 1. The molecule has 2 aromatic rings. The van der Waals surface area contributed by atoms with E-state index < -0.39 is 5.97 Å². The van der Waals surface area contributed by atoms with Gasteiger partial charge in [0.15, 0.2) is 0 Å². The van der Waals surface area contributed by atoms with Gasteiger partial charge in [0.25, 0.3) is 0 Å². The summed E-state index contributed by atoms with van der Waals surface area (Å²) in [6.07, 6.45) is 0. The fourth-order valence-corrected chi connectivity index (χ4v) is 2.19. The lowest BCUT2D eigenvalue weighted by molar-refractivity contribution is 0.0687. The van der Waals surface area contributed by atoms with Crippen LogP contribution < -0.4 is 4.74 Å². The van der Waals surface area contributed by atoms with E-state index in [0.717, 1.165) is 0 Å². The van der Waals surface area contributed by atoms with Gasteiger partial charge in [-0.3, -0.25) is 0 Å². The van der Waals surface area contributed by atoms with E-state index in [1.807, 2.05) is 0 Å². The molecule has 5 heteroatoms. The van der Waals surface area contributed by atoms with Crippen LogP contribution in [0.3, 0.4) is 0 Å². The van der Waals surface area contributed by atoms with E-state index in [2.05, 4.69) is 0 Å². The predicted molar refractivity (Wildman–Crippen MR) is 61.4 cm³/mol. The van der Waals surface area contributed by atoms with Crippen LogP contribution in [0.15, 0.2) is 18.2 Å². The molecular formula is C11H10ClNO3. The van der Waals surface area contributed by atoms with Crippen molar-refractivity contribution in [3.63, 3.8) is 0 Å². The summed E-state index contributed by atoms with van der Waals surface area (Å²) in [5.41, 5.74) is 0.758. The molecule has 1 heterocycles. The SMILES string of the molecule is COc1cccc2c(Cl)c(C(=O)O)n(C)c12. The number of halogens is 1. The second kappa shape index (κ2) is 3.72. The molecule has 0 bridgehead atoms. The number of carboxylic acids is 1. The Bertz CT molecular complexity index is 574. The number of para-hydroxylation sites is 1. The number of carbonyl (C=O) groups is 1. The van der Waals surface area contributed by atoms with Gasteiger partial charge in [0.05, 0.1) is 17.6 Å². The zero-order valence-corrected chi connectivity index (χ0v) is 9.58. The highest BCUT2D eigenvalue weighted by Crippen LogP contribution is 2.35. The van der Waals surface area contributed by atoms with Gasteiger partial charge < -0.3 is 14.4 Å². The summed E-state index contributed by atoms with van der Waals surface area (Å²) >= 11 is 6.03. The number of methoxy groups -OCH3 is 1. The van der Waals surface area contributed by atoms with Gasteiger partial charge in [-0.25, -0.2) is 4.79 Å². The molecule has 2 rings (SSSR count). The number of carboxylic acid groups (broad SMARTS) is 1. The van der Waals surface area contributed by atoms with E-state index in [-0.39, 0.29) is 10.7 Å². The topological polar surface area (TPSA) is 51.5 Å². The minimum atomic E-state index is -1.05. The Balaban J connectivity index is 2.93. The molecule has 0 aliphatic rings. The third kappa shape index (κ3) is 1.34. The van der Waals surface area contributed by atoms with Crippen molar-refractivity contribution in [2.75, 3.05) is 7.11 Å². The van der Waals surface area contributed by atoms with E-state index in [4.69, 9.17) is 21.4 Å². The van der Waals surface area contributed by atoms with Crippen molar-refractivity contribution >= 4 is 28.5 Å². The van der Waals surface area contributed by atoms with Crippen LogP contribution in [0.5, 0.6) is 5.75 Å². The first-order valence-electron chi connectivity index (χ1n) is 4.62. The highest BCUT2D eigenvalue weighted by molar-refractivity contribution is 6.38. The number of rotatable bonds is 2. The zero-order chi connectivity index (χ0) is 11.9. The van der Waals surface area contributed by atoms with Crippen molar-refractivity contribution in [2.45, 2.75) is 0 Å². The van der Waals surface area contributed by atoms with Crippen molar-refractivity contribution in [3.8, 4) is 5.75 Å². The summed E-state index contributed by atoms with van der Waals surface area (Å²) in [7, 11) is 3.19. The first kappa shape index (κ1) is 10.8. The van der Waals surface area contributed by atoms with Crippen molar-refractivity contribution < 1.29 is 14.6 Å². The highest BCUT2D eigenvalue weighted by atomic mass is 35.5. The van der Waals surface area contributed by atoms with Gasteiger partial charge in [-0.05, 0) is 6.07 Å². The molecule has 0 saturated heterocycles. The first-order chi connectivity index (χ1) is 7.57. The molecule has 16 heavy (non-hydrogen) atoms. The average molecular weight is 240 g/mol. The standard InChI is InChI=1S/C11H10ClNO3/c1-13-9-6(4-3-5-7(9)16-2)8(12)10(13)11(14)15/h3-5H,1-2H3,(H,14,15). The minimum absolute atomic E-state index is 0.0705. The molecule has 1 aromatic carbocycles. The molecule has 0 atom stereocenters. The molecule has 1 aromatic heterocycles. The van der Waals surface area contributed by atoms with Crippen LogP contribution in [-0.4, -0.2) is 22.8 Å². The molecule has 0 aliphatic carbocycles. The predicted octanol–water partition coefficient (Wildman–Crippen LogP) is 2.54. The van der Waals surface area contributed by atoms with Crippen LogP contribution in [0.2, 0.25) is 5.02 Å². The molecule has 84 valence electrons. The van der Waals surface area contributed by atoms with Crippen LogP contribution in [0, 0.1) is 0 Å². The van der Waals surface area contributed by atoms with Gasteiger partial charge in [-0.1, -0.05) is 23.7 Å². The molecule has 0 spiro atoms. The summed E-state index contributed by atoms with van der Waals surface area (Å²) in [5, 5.41) is 9.99. The maximum atomic E-state index is 11.1. The van der Waals surface area contributed by atoms with Crippen molar-refractivity contribution in [1.29, 1.82) is 0 Å². The number of hydrogen-bond acceptors (Lipinski definition) is 2. The number of aromatic carboxylic acids is 1. The molecule has 1 N–H and O–H groups in total. The zero-order valence-electron chi connectivity index (χ0n) is 8.82. The normalized spacial score (nSPS) is 10.7. The first-order valence-corrected chi connectivity index (χ1v) is 5.00. The van der Waals surface area contributed by atoms with E-state index in [1.54, 1.807) is 25.2 Å². The Morgan fingerprint density at radius 1 is 1.50 bits per heavy atom. The molecule has 0 radical (unpaired) electrons. The van der Waals surface area contributed by atoms with Gasteiger partial charge in [0.2, 0.25) is 0 Å². The Morgan fingerprint density at radius 3 is 2.75 bits per heavy atom. The fourth-order valence-electron chi connectivity index (χ4n) is 1.83. The third-order valence-corrected chi connectivity index (χ3v) is 2.92. The van der Waals surface area contributed by atoms with Crippen LogP contribution in [-0.2, 0) is 7.05 Å². The summed E-state index contributed by atoms with van der Waals surface area (Å²) in [6, 6.07) is 5.32. The molecule has 0 aliphatic heterocycles. The number of aryl methyl sites for hydroxylation is 1. The Morgan fingerprint density at radius 2 is 2.19 bits per heavy atom. The molecule has 0 unspecified atom stereocenters. The summed E-state index contributed by atoms with van der Waals surface area (Å²) in [6.45, 7) is 0. The maximum Gasteiger partial charge on any atom is 0.354 e. The lowest BCUT2D eigenvalue weighted by atomic mass is 10.2. The largest absolute Gasteiger partial charge is 0.495 e. The van der Waals surface area contributed by atoms with E-state index >= 15 is 0 Å². The quantitative estimate of drug-likeness (QED) is 0.876. The van der Waals surface area contributed by atoms with Crippen LogP contribution in [0.4, 0.5) is 0 Å². The van der Waals surface area contributed by atoms with Crippen molar-refractivity contribution in [1.82, 2.24) is 4.57 Å². The number of fused-ring (bicyclic) bond motifs is 1. The average Bonchev–Trinajstić information content (AvgIpc) is 2.51. The fraction of sp³-hybridized carbons (Fsp3) is 0.182. The molecule has 0 fully saturated rings. The summed E-state index contributed by atoms with van der Waals surface area (Å²) in [5.74, 6) is -0.444. The summed E-state index contributed by atoms with van der Waals surface area (Å²) < 4.78 is 6.71. The van der Waals surface area contributed by atoms with Gasteiger partial charge in [-0.15, -0.1) is 0 Å². The molecule has 0 amide bonds. The van der Waals surface area contributed by atoms with Gasteiger partial charge in [-0.2, -0.15) is 0 Å². The lowest BCUT2D eigenvalue weighted by Gasteiger charge is -2.04. The van der Waals surface area contributed by atoms with Gasteiger partial charge in [0.1, 0.15) is 11.4 Å². The van der Waals surface area contributed by atoms with Crippen molar-refractivity contribution in [2.24, 2.45) is 7.05 Å². The highest BCUT2D eigenvalue weighted by Gasteiger charge is 2.20. The molecule has 0 saturated carbocycles.